The summed E-state index contributed by atoms with van der Waals surface area (Å²) < 4.78 is 50.6. The number of aromatic amines is 1. The van der Waals surface area contributed by atoms with E-state index in [0.717, 1.165) is 126 Å². The third-order valence-electron chi connectivity index (χ3n) is 20.8. The number of nitrogens with one attached hydrogen (secondary N) is 5. The number of hydrogen-bond donors (Lipinski definition) is 5. The summed E-state index contributed by atoms with van der Waals surface area (Å²) in [4.78, 5) is 108. The van der Waals surface area contributed by atoms with Crippen molar-refractivity contribution in [3.63, 3.8) is 0 Å². The number of aromatic nitrogens is 8. The summed E-state index contributed by atoms with van der Waals surface area (Å²) in [5.41, 5.74) is 5.72. The van der Waals surface area contributed by atoms with Crippen LogP contribution in [0.1, 0.15) is 136 Å². The fraction of sp³-hybridized carbons (Fsp3) is 0.414. The van der Waals surface area contributed by atoms with Crippen molar-refractivity contribution < 1.29 is 55.5 Å². The minimum Gasteiger partial charge on any atom is -0.481 e. The predicted molar refractivity (Wildman–Crippen MR) is 493 cm³/mol. The number of benzene rings is 1. The number of rotatable bonds is 23. The van der Waals surface area contributed by atoms with Crippen molar-refractivity contribution in [3.8, 4) is 23.5 Å². The molecule has 3 amide bonds. The van der Waals surface area contributed by atoms with E-state index in [-0.39, 0.29) is 45.1 Å². The molecule has 29 nitrogen and oxygen atoms in total. The lowest BCUT2D eigenvalue weighted by Gasteiger charge is -2.36. The molecule has 8 aromatic heterocycles. The summed E-state index contributed by atoms with van der Waals surface area (Å²) >= 11 is 23.7. The van der Waals surface area contributed by atoms with Gasteiger partial charge in [0.25, 0.3) is 24.9 Å². The average molecular weight is 1900 g/mol. The van der Waals surface area contributed by atoms with Gasteiger partial charge in [0.15, 0.2) is 0 Å². The summed E-state index contributed by atoms with van der Waals surface area (Å²) in [6.45, 7) is 16.1. The number of carbonyl (C=O) groups is 5. The van der Waals surface area contributed by atoms with Gasteiger partial charge in [-0.15, -0.1) is 0 Å². The first-order valence-corrected chi connectivity index (χ1v) is 45.0. The smallest absolute Gasteiger partial charge is 0.297 e. The van der Waals surface area contributed by atoms with Crippen LogP contribution in [0.15, 0.2) is 185 Å². The second kappa shape index (κ2) is 53.3. The lowest BCUT2D eigenvalue weighted by molar-refractivity contribution is -0.122. The molecule has 5 N–H and O–H groups in total. The van der Waals surface area contributed by atoms with Crippen molar-refractivity contribution in [2.75, 3.05) is 110 Å². The van der Waals surface area contributed by atoms with Gasteiger partial charge in [0.05, 0.1) is 83.8 Å². The molecule has 5 fully saturated rings. The van der Waals surface area contributed by atoms with Crippen molar-refractivity contribution >= 4 is 139 Å². The first-order chi connectivity index (χ1) is 59.7. The first-order valence-electron chi connectivity index (χ1n) is 40.8. The SMILES string of the molecule is CC(Br)C(=O)Nc1ccc(Cl)cn1.COc1ccc(Br)cn1.COc1ccc(C2CCCN(C(C)C(=O)Nc3ccc(Cl)cn3)C2)cn1.COc1ccc(C2CCCN([B]C=O)C2)cn1.COc1ccc(C2CCCNC2)cn1.C[C@@H](C(=O)Nc1ccc(Cl)cn1)N1CCC[C@@H](c2ccc(=O)[nH]c2)C1.Cc1ccc(S(=O)(=O)OC2CCCN([B]C=O)C2)cc1. The van der Waals surface area contributed by atoms with Crippen LogP contribution in [0, 0.1) is 6.92 Å². The van der Waals surface area contributed by atoms with Crippen molar-refractivity contribution in [1.82, 2.24) is 64.6 Å². The number of piperidine rings is 5. The van der Waals surface area contributed by atoms with Crippen molar-refractivity contribution in [1.29, 1.82) is 0 Å². The Kier molecular flexibility index (Phi) is 43.1. The zero-order valence-corrected chi connectivity index (χ0v) is 77.0. The molecule has 13 heterocycles. The largest absolute Gasteiger partial charge is 0.481 e. The maximum absolute atomic E-state index is 12.6. The van der Waals surface area contributed by atoms with Crippen LogP contribution >= 0.6 is 66.7 Å². The number of halogens is 5. The number of nitrogens with zero attached hydrogens (tertiary/aromatic N) is 11. The second-order valence-corrected chi connectivity index (χ2v) is 34.8. The standard InChI is InChI=1S/C19H23ClN4O2.C18H21ClN4O2.C13H17BNO4S.C12H16BN2O2.C11H16N2O.C8H8BrClN2O.C6H6BrNO/c1-13(19(25)23-17-7-6-16(20)11-21-17)24-9-3-4-15(12-24)14-5-8-18(26-2)22-10-14;1-12(18(25)22-16-6-5-15(19)10-20-16)23-8-2-3-14(11-23)13-4-7-17(24)21-9-13;1-11-4-6-13(7-5-11)20(17,18)19-12-3-2-8-15(9-12)14-10-16;1-17-12-5-4-10(7-14-12)11-3-2-6-15(8-11)13-9-16;1-14-11-5-4-10(8-13-11)9-3-2-6-12-7-9;1-5(9)8(13)12-7-3-2-6(10)4-11-7;1-9-6-3-2-5(7)4-8-6/h5-8,10-11,13,15H,3-4,9,12H2,1-2H3,(H,21,23,25);4-7,9-10,12,14H,2-3,8,11H2,1H3,(H,21,24)(H,20,22,25);4-7,10,12H,2-3,8-9H2,1H3;4-5,7,9,11H,2-3,6,8H2,1H3;4-5,8-9,12H,2-3,6-7H2,1H3;2-5H,1H3,(H,11,12,13);2-4H,1H3/t;12-,14+;;;;;/m.0...../s1. The number of aryl methyl sites for hydroxylation is 1. The van der Waals surface area contributed by atoms with Crippen LogP contribution in [0.2, 0.25) is 15.1 Å². The average Bonchev–Trinajstić information content (AvgIpc) is 0.847. The zero-order chi connectivity index (χ0) is 89.3. The summed E-state index contributed by atoms with van der Waals surface area (Å²) in [6, 6.07) is 35.2. The maximum Gasteiger partial charge on any atom is 0.297 e. The van der Waals surface area contributed by atoms with E-state index in [4.69, 9.17) is 57.9 Å². The molecule has 0 spiro atoms. The van der Waals surface area contributed by atoms with Gasteiger partial charge < -0.3 is 64.4 Å². The number of likely N-dealkylation sites (tertiary alicyclic amines) is 2. The highest BCUT2D eigenvalue weighted by molar-refractivity contribution is 9.10. The highest BCUT2D eigenvalue weighted by atomic mass is 79.9. The molecule has 2 radical (unpaired) electrons. The number of hydrogen-bond acceptors (Lipinski definition) is 25. The molecule has 5 aliphatic heterocycles. The lowest BCUT2D eigenvalue weighted by atomic mass is 9.84. The summed E-state index contributed by atoms with van der Waals surface area (Å²) in [6.07, 6.45) is 25.3. The van der Waals surface area contributed by atoms with E-state index >= 15 is 0 Å². The minimum absolute atomic E-state index is 0.0617. The maximum atomic E-state index is 12.6. The predicted octanol–water partition coefficient (Wildman–Crippen LogP) is 13.9. The molecule has 8 atom stereocenters. The Hall–Kier alpha value is -9.16. The molecule has 0 bridgehead atoms. The molecule has 124 heavy (non-hydrogen) atoms. The Morgan fingerprint density at radius 3 is 1.30 bits per heavy atom. The molecule has 5 saturated heterocycles. The minimum atomic E-state index is -3.74. The molecule has 37 heteroatoms. The van der Waals surface area contributed by atoms with Crippen LogP contribution < -0.4 is 45.8 Å². The van der Waals surface area contributed by atoms with Crippen molar-refractivity contribution in [3.05, 3.63) is 229 Å². The third kappa shape index (κ3) is 34.6. The van der Waals surface area contributed by atoms with Gasteiger partial charge in [-0.3, -0.25) is 33.2 Å². The molecule has 9 aromatic rings. The second-order valence-electron chi connectivity index (χ2n) is 29.7. The highest BCUT2D eigenvalue weighted by Crippen LogP contribution is 2.32. The lowest BCUT2D eigenvalue weighted by Crippen LogP contribution is -2.46. The Bertz CT molecular complexity index is 4870. The van der Waals surface area contributed by atoms with E-state index in [2.05, 4.69) is 126 Å². The van der Waals surface area contributed by atoms with Crippen molar-refractivity contribution in [2.24, 2.45) is 0 Å². The van der Waals surface area contributed by atoms with Crippen LogP contribution in [0.5, 0.6) is 23.5 Å². The molecule has 0 aliphatic carbocycles. The highest BCUT2D eigenvalue weighted by Gasteiger charge is 2.32. The van der Waals surface area contributed by atoms with Crippen LogP contribution in [0.4, 0.5) is 17.5 Å². The van der Waals surface area contributed by atoms with Crippen LogP contribution in [0.25, 0.3) is 0 Å². The Balaban J connectivity index is 0.000000183. The van der Waals surface area contributed by atoms with Gasteiger partial charge in [-0.05, 0) is 248 Å². The number of ether oxygens (including phenoxy) is 4. The van der Waals surface area contributed by atoms with Crippen LogP contribution in [0.3, 0.4) is 0 Å². The zero-order valence-electron chi connectivity index (χ0n) is 70.8. The topological polar surface area (TPSA) is 350 Å². The number of carbonyl (C=O) groups excluding carboxylic acids is 5. The summed E-state index contributed by atoms with van der Waals surface area (Å²) in [5, 5.41) is 13.3. The number of alkyl halides is 1. The number of pyridine rings is 8. The fourth-order valence-corrected chi connectivity index (χ4v) is 15.7. The fourth-order valence-electron chi connectivity index (χ4n) is 13.9. The molecular weight excluding hydrogens is 1800 g/mol. The van der Waals surface area contributed by atoms with Crippen molar-refractivity contribution in [2.45, 2.75) is 143 Å². The number of H-pyrrole nitrogens is 1. The Labute approximate surface area is 759 Å². The monoisotopic (exact) mass is 1900 g/mol. The summed E-state index contributed by atoms with van der Waals surface area (Å²) in [5.74, 6) is 5.58. The first kappa shape index (κ1) is 100. The molecule has 1 aromatic carbocycles. The molecule has 6 unspecified atom stereocenters. The summed E-state index contributed by atoms with van der Waals surface area (Å²) in [7, 11) is 5.77. The third-order valence-corrected chi connectivity index (χ3v) is 23.8. The van der Waals surface area contributed by atoms with E-state index in [1.807, 2.05) is 69.7 Å². The van der Waals surface area contributed by atoms with Crippen LogP contribution in [-0.2, 0) is 38.3 Å². The molecular formula is C87H107B2Br2Cl3N16O13S. The van der Waals surface area contributed by atoms with E-state index in [9.17, 15) is 37.2 Å². The van der Waals surface area contributed by atoms with E-state index in [0.29, 0.717) is 98.9 Å². The number of amides is 3. The van der Waals surface area contributed by atoms with Gasteiger partial charge in [-0.1, -0.05) is 92.7 Å². The Morgan fingerprint density at radius 2 is 0.903 bits per heavy atom. The molecule has 0 saturated carbocycles. The van der Waals surface area contributed by atoms with E-state index < -0.39 is 16.2 Å². The van der Waals surface area contributed by atoms with Crippen LogP contribution in [-0.4, -0.2) is 230 Å². The van der Waals surface area contributed by atoms with Gasteiger partial charge in [0.2, 0.25) is 46.8 Å². The quantitative estimate of drug-likeness (QED) is 0.0172. The Morgan fingerprint density at radius 1 is 0.492 bits per heavy atom. The molecule has 660 valence electrons. The van der Waals surface area contributed by atoms with Gasteiger partial charge in [-0.25, -0.2) is 34.9 Å². The number of methoxy groups -OCH3 is 4. The normalized spacial score (nSPS) is 18.5. The van der Waals surface area contributed by atoms with Gasteiger partial charge in [-0.2, -0.15) is 8.42 Å². The molecule has 14 rings (SSSR count). The van der Waals surface area contributed by atoms with E-state index in [1.54, 1.807) is 133 Å². The van der Waals surface area contributed by atoms with Gasteiger partial charge >= 0.3 is 0 Å². The molecule has 5 aliphatic rings. The number of anilines is 3. The van der Waals surface area contributed by atoms with Gasteiger partial charge in [0, 0.05) is 111 Å². The van der Waals surface area contributed by atoms with E-state index in [1.165, 1.54) is 55.5 Å². The van der Waals surface area contributed by atoms with Gasteiger partial charge in [0.1, 0.15) is 17.5 Å².